The van der Waals surface area contributed by atoms with Gasteiger partial charge in [-0.1, -0.05) is 30.8 Å². The van der Waals surface area contributed by atoms with Gasteiger partial charge >= 0.3 is 5.97 Å². The van der Waals surface area contributed by atoms with Crippen molar-refractivity contribution in [3.05, 3.63) is 40.8 Å². The van der Waals surface area contributed by atoms with Gasteiger partial charge in [-0.25, -0.2) is 9.78 Å². The van der Waals surface area contributed by atoms with Crippen LogP contribution in [0.3, 0.4) is 0 Å². The lowest BCUT2D eigenvalue weighted by molar-refractivity contribution is -0.113. The Morgan fingerprint density at radius 3 is 2.75 bits per heavy atom. The number of esters is 1. The Morgan fingerprint density at radius 2 is 2.04 bits per heavy atom. The summed E-state index contributed by atoms with van der Waals surface area (Å²) < 4.78 is 7.19. The van der Waals surface area contributed by atoms with Crippen molar-refractivity contribution in [2.75, 3.05) is 17.7 Å². The molecule has 0 fully saturated rings. The number of thiophene rings is 1. The molecule has 1 aromatic carbocycles. The van der Waals surface area contributed by atoms with E-state index in [0.717, 1.165) is 34.0 Å². The number of nitrogens with zero attached hydrogens (tertiary/aromatic N) is 2. The summed E-state index contributed by atoms with van der Waals surface area (Å²) in [5, 5.41) is 4.22. The number of rotatable bonds is 8. The molecule has 1 amide bonds. The third-order valence-electron chi connectivity index (χ3n) is 4.15. The predicted molar refractivity (Wildman–Crippen MR) is 114 cm³/mol. The second-order valence-electron chi connectivity index (χ2n) is 5.99. The Morgan fingerprint density at radius 1 is 1.25 bits per heavy atom. The molecule has 148 valence electrons. The minimum absolute atomic E-state index is 0.172. The van der Waals surface area contributed by atoms with Gasteiger partial charge in [-0.3, -0.25) is 4.79 Å². The van der Waals surface area contributed by atoms with Crippen LogP contribution < -0.4 is 5.32 Å². The first-order valence-electron chi connectivity index (χ1n) is 9.25. The summed E-state index contributed by atoms with van der Waals surface area (Å²) in [6.07, 6.45) is 0.794. The zero-order valence-electron chi connectivity index (χ0n) is 16.2. The zero-order chi connectivity index (χ0) is 20.1. The third-order valence-corrected chi connectivity index (χ3v) is 6.32. The minimum Gasteiger partial charge on any atom is -0.462 e. The second-order valence-corrected chi connectivity index (χ2v) is 8.07. The number of aryl methyl sites for hydroxylation is 2. The smallest absolute Gasteiger partial charge is 0.341 e. The van der Waals surface area contributed by atoms with Crippen molar-refractivity contribution >= 4 is 51.0 Å². The fourth-order valence-electron chi connectivity index (χ4n) is 2.83. The summed E-state index contributed by atoms with van der Waals surface area (Å²) in [6.45, 7) is 6.91. The molecule has 0 aliphatic carbocycles. The topological polar surface area (TPSA) is 73.2 Å². The van der Waals surface area contributed by atoms with Crippen LogP contribution in [0.2, 0.25) is 0 Å². The Labute approximate surface area is 172 Å². The molecule has 0 bridgehead atoms. The maximum Gasteiger partial charge on any atom is 0.341 e. The lowest BCUT2D eigenvalue weighted by Crippen LogP contribution is -2.16. The van der Waals surface area contributed by atoms with Crippen molar-refractivity contribution in [3.63, 3.8) is 0 Å². The summed E-state index contributed by atoms with van der Waals surface area (Å²) in [5.74, 6) is -0.366. The Hall–Kier alpha value is -2.32. The van der Waals surface area contributed by atoms with Crippen molar-refractivity contribution in [1.29, 1.82) is 0 Å². The number of carbonyl (C=O) groups is 2. The number of benzene rings is 1. The molecular weight excluding hydrogens is 394 g/mol. The van der Waals surface area contributed by atoms with Crippen LogP contribution in [0.5, 0.6) is 0 Å². The van der Waals surface area contributed by atoms with Gasteiger partial charge in [0.15, 0.2) is 5.16 Å². The van der Waals surface area contributed by atoms with Crippen LogP contribution in [0.25, 0.3) is 11.0 Å². The Balaban J connectivity index is 1.71. The Bertz CT molecular complexity index is 994. The van der Waals surface area contributed by atoms with Gasteiger partial charge in [0, 0.05) is 11.4 Å². The predicted octanol–water partition coefficient (Wildman–Crippen LogP) is 4.59. The summed E-state index contributed by atoms with van der Waals surface area (Å²) in [5.41, 5.74) is 2.40. The fraction of sp³-hybridized carbons (Fsp3) is 0.350. The maximum absolute atomic E-state index is 12.5. The highest BCUT2D eigenvalue weighted by molar-refractivity contribution is 7.99. The molecule has 28 heavy (non-hydrogen) atoms. The van der Waals surface area contributed by atoms with E-state index in [1.165, 1.54) is 23.1 Å². The molecule has 2 heterocycles. The van der Waals surface area contributed by atoms with E-state index in [-0.39, 0.29) is 11.7 Å². The molecule has 3 rings (SSSR count). The van der Waals surface area contributed by atoms with Crippen LogP contribution in [0.4, 0.5) is 5.00 Å². The number of hydrogen-bond donors (Lipinski definition) is 1. The van der Waals surface area contributed by atoms with Crippen molar-refractivity contribution in [2.24, 2.45) is 0 Å². The molecule has 0 unspecified atom stereocenters. The molecule has 3 aromatic rings. The SMILES string of the molecule is CCOC(=O)c1cc(CC)sc1NC(=O)CSc1nc2ccccc2n1CC. The molecule has 0 atom stereocenters. The van der Waals surface area contributed by atoms with Crippen LogP contribution >= 0.6 is 23.1 Å². The van der Waals surface area contributed by atoms with E-state index in [4.69, 9.17) is 4.74 Å². The van der Waals surface area contributed by atoms with Crippen molar-refractivity contribution in [3.8, 4) is 0 Å². The molecule has 1 N–H and O–H groups in total. The number of carbonyl (C=O) groups excluding carboxylic acids is 2. The van der Waals surface area contributed by atoms with E-state index >= 15 is 0 Å². The highest BCUT2D eigenvalue weighted by Crippen LogP contribution is 2.30. The maximum atomic E-state index is 12.5. The number of amides is 1. The number of nitrogens with one attached hydrogen (secondary N) is 1. The third kappa shape index (κ3) is 4.39. The summed E-state index contributed by atoms with van der Waals surface area (Å²) in [4.78, 5) is 30.3. The molecule has 0 saturated heterocycles. The first-order valence-corrected chi connectivity index (χ1v) is 11.0. The number of aromatic nitrogens is 2. The summed E-state index contributed by atoms with van der Waals surface area (Å²) >= 11 is 2.80. The molecule has 0 saturated carbocycles. The van der Waals surface area contributed by atoms with Crippen LogP contribution in [-0.2, 0) is 22.5 Å². The Kier molecular flexibility index (Phi) is 6.74. The quantitative estimate of drug-likeness (QED) is 0.429. The normalized spacial score (nSPS) is 11.0. The van der Waals surface area contributed by atoms with E-state index in [0.29, 0.717) is 17.2 Å². The van der Waals surface area contributed by atoms with Crippen LogP contribution in [-0.4, -0.2) is 33.8 Å². The van der Waals surface area contributed by atoms with E-state index in [1.54, 1.807) is 13.0 Å². The fourth-order valence-corrected chi connectivity index (χ4v) is 4.71. The lowest BCUT2D eigenvalue weighted by Gasteiger charge is -2.07. The first-order chi connectivity index (χ1) is 13.6. The minimum atomic E-state index is -0.408. The number of imidazole rings is 1. The average Bonchev–Trinajstić information content (AvgIpc) is 3.27. The average molecular weight is 418 g/mol. The highest BCUT2D eigenvalue weighted by atomic mass is 32.2. The molecular formula is C20H23N3O3S2. The lowest BCUT2D eigenvalue weighted by atomic mass is 10.2. The van der Waals surface area contributed by atoms with Crippen LogP contribution in [0.1, 0.15) is 36.0 Å². The van der Waals surface area contributed by atoms with Crippen molar-refractivity contribution in [2.45, 2.75) is 38.9 Å². The van der Waals surface area contributed by atoms with Gasteiger partial charge in [-0.05, 0) is 38.5 Å². The molecule has 0 aliphatic rings. The second kappa shape index (κ2) is 9.25. The molecule has 0 radical (unpaired) electrons. The van der Waals surface area contributed by atoms with Crippen LogP contribution in [0.15, 0.2) is 35.5 Å². The van der Waals surface area contributed by atoms with Gasteiger partial charge in [-0.15, -0.1) is 11.3 Å². The molecule has 6 nitrogen and oxygen atoms in total. The monoisotopic (exact) mass is 417 g/mol. The van der Waals surface area contributed by atoms with E-state index in [9.17, 15) is 9.59 Å². The van der Waals surface area contributed by atoms with Gasteiger partial charge in [0.2, 0.25) is 5.91 Å². The van der Waals surface area contributed by atoms with Crippen molar-refractivity contribution in [1.82, 2.24) is 9.55 Å². The van der Waals surface area contributed by atoms with Gasteiger partial charge in [0.25, 0.3) is 0 Å². The molecule has 2 aromatic heterocycles. The van der Waals surface area contributed by atoms with Gasteiger partial charge in [-0.2, -0.15) is 0 Å². The van der Waals surface area contributed by atoms with Crippen LogP contribution in [0, 0.1) is 0 Å². The van der Waals surface area contributed by atoms with Crippen molar-refractivity contribution < 1.29 is 14.3 Å². The number of ether oxygens (including phenoxy) is 1. The molecule has 8 heteroatoms. The van der Waals surface area contributed by atoms with Gasteiger partial charge < -0.3 is 14.6 Å². The number of para-hydroxylation sites is 2. The molecule has 0 aliphatic heterocycles. The summed E-state index contributed by atoms with van der Waals surface area (Å²) in [7, 11) is 0. The number of hydrogen-bond acceptors (Lipinski definition) is 6. The highest BCUT2D eigenvalue weighted by Gasteiger charge is 2.19. The van der Waals surface area contributed by atoms with E-state index in [1.807, 2.05) is 31.2 Å². The number of fused-ring (bicyclic) bond motifs is 1. The van der Waals surface area contributed by atoms with E-state index in [2.05, 4.69) is 21.8 Å². The largest absolute Gasteiger partial charge is 0.462 e. The standard InChI is InChI=1S/C20H23N3O3S2/c1-4-13-11-14(19(25)26-6-3)18(28-13)22-17(24)12-27-20-21-15-9-7-8-10-16(15)23(20)5-2/h7-11H,4-6,12H2,1-3H3,(H,22,24). The first kappa shape index (κ1) is 20.4. The number of thioether (sulfide) groups is 1. The zero-order valence-corrected chi connectivity index (χ0v) is 17.8. The molecule has 0 spiro atoms. The number of anilines is 1. The van der Waals surface area contributed by atoms with Gasteiger partial charge in [0.05, 0.1) is 29.0 Å². The van der Waals surface area contributed by atoms with E-state index < -0.39 is 5.97 Å². The summed E-state index contributed by atoms with van der Waals surface area (Å²) in [6, 6.07) is 9.72. The van der Waals surface area contributed by atoms with Gasteiger partial charge in [0.1, 0.15) is 5.00 Å².